The van der Waals surface area contributed by atoms with Crippen LogP contribution < -0.4 is 16.2 Å². The molecule has 1 saturated carbocycles. The average molecular weight is 192 g/mol. The van der Waals surface area contributed by atoms with Gasteiger partial charge in [0.2, 0.25) is 0 Å². The van der Waals surface area contributed by atoms with E-state index in [1.54, 1.807) is 0 Å². The number of aromatic nitrogens is 2. The second-order valence-corrected chi connectivity index (χ2v) is 3.98. The predicted octanol–water partition coefficient (Wildman–Crippen LogP) is -0.458. The van der Waals surface area contributed by atoms with Crippen molar-refractivity contribution in [1.82, 2.24) is 15.3 Å². The molecule has 3 aliphatic rings. The van der Waals surface area contributed by atoms with Gasteiger partial charge in [-0.2, -0.15) is 0 Å². The number of hydrogen-bond donors (Lipinski definition) is 3. The molecule has 3 heterocycles. The van der Waals surface area contributed by atoms with Crippen LogP contribution in [0.4, 0.5) is 5.82 Å². The van der Waals surface area contributed by atoms with Gasteiger partial charge < -0.3 is 15.6 Å². The topological polar surface area (TPSA) is 69.8 Å². The summed E-state index contributed by atoms with van der Waals surface area (Å²) >= 11 is 0. The monoisotopic (exact) mass is 192 g/mol. The zero-order valence-electron chi connectivity index (χ0n) is 7.66. The van der Waals surface area contributed by atoms with E-state index in [-0.39, 0.29) is 5.56 Å². The van der Waals surface area contributed by atoms with Crippen LogP contribution in [0.1, 0.15) is 6.42 Å². The first-order chi connectivity index (χ1) is 6.83. The number of nitrogens with one attached hydrogen (secondary N) is 3. The van der Waals surface area contributed by atoms with Crippen molar-refractivity contribution in [2.24, 2.45) is 5.92 Å². The average Bonchev–Trinajstić information content (AvgIpc) is 2.75. The Bertz CT molecular complexity index is 388. The Balaban J connectivity index is 1.76. The molecule has 3 N–H and O–H groups in total. The fraction of sp³-hybridized carbons (Fsp3) is 0.556. The number of hydrogen-bond acceptors (Lipinski definition) is 4. The van der Waals surface area contributed by atoms with E-state index in [0.717, 1.165) is 6.54 Å². The molecule has 3 fully saturated rings. The maximum absolute atomic E-state index is 11.0. The molecule has 1 aliphatic carbocycles. The van der Waals surface area contributed by atoms with Gasteiger partial charge in [0.25, 0.3) is 5.56 Å². The summed E-state index contributed by atoms with van der Waals surface area (Å²) in [6, 6.07) is 2.53. The smallest absolute Gasteiger partial charge is 0.252 e. The molecule has 0 spiro atoms. The van der Waals surface area contributed by atoms with Crippen molar-refractivity contribution in [2.75, 3.05) is 11.9 Å². The summed E-state index contributed by atoms with van der Waals surface area (Å²) in [4.78, 5) is 17.6. The second kappa shape index (κ2) is 2.81. The molecule has 2 bridgehead atoms. The Morgan fingerprint density at radius 1 is 1.57 bits per heavy atom. The maximum atomic E-state index is 11.0. The fourth-order valence-electron chi connectivity index (χ4n) is 2.31. The molecular formula is C9H12N4O. The Morgan fingerprint density at radius 2 is 2.50 bits per heavy atom. The second-order valence-electron chi connectivity index (χ2n) is 3.98. The fourth-order valence-corrected chi connectivity index (χ4v) is 2.31. The molecule has 74 valence electrons. The van der Waals surface area contributed by atoms with Crippen LogP contribution >= 0.6 is 0 Å². The molecule has 1 aromatic heterocycles. The highest BCUT2D eigenvalue weighted by molar-refractivity contribution is 5.36. The number of fused-ring (bicyclic) bond motifs is 1. The summed E-state index contributed by atoms with van der Waals surface area (Å²) in [6.45, 7) is 1.09. The van der Waals surface area contributed by atoms with Crippen molar-refractivity contribution in [3.63, 3.8) is 0 Å². The highest BCUT2D eigenvalue weighted by atomic mass is 16.1. The van der Waals surface area contributed by atoms with E-state index in [9.17, 15) is 4.79 Å². The van der Waals surface area contributed by atoms with E-state index in [1.807, 2.05) is 0 Å². The van der Waals surface area contributed by atoms with E-state index in [1.165, 1.54) is 18.8 Å². The lowest BCUT2D eigenvalue weighted by atomic mass is 9.80. The lowest BCUT2D eigenvalue weighted by molar-refractivity contribution is 0.326. The number of nitrogens with zero attached hydrogens (tertiary/aromatic N) is 1. The predicted molar refractivity (Wildman–Crippen MR) is 52.2 cm³/mol. The molecule has 3 unspecified atom stereocenters. The first-order valence-electron chi connectivity index (χ1n) is 4.87. The highest BCUT2D eigenvalue weighted by Crippen LogP contribution is 2.35. The van der Waals surface area contributed by atoms with Crippen molar-refractivity contribution in [3.8, 4) is 0 Å². The molecule has 5 nitrogen and oxygen atoms in total. The number of H-pyrrole nitrogens is 1. The minimum atomic E-state index is -0.109. The van der Waals surface area contributed by atoms with Crippen LogP contribution in [-0.2, 0) is 0 Å². The quantitative estimate of drug-likeness (QED) is 0.593. The molecule has 0 amide bonds. The van der Waals surface area contributed by atoms with Gasteiger partial charge in [-0.3, -0.25) is 4.79 Å². The first kappa shape index (κ1) is 7.99. The van der Waals surface area contributed by atoms with Gasteiger partial charge in [0, 0.05) is 24.7 Å². The van der Waals surface area contributed by atoms with Crippen molar-refractivity contribution in [2.45, 2.75) is 18.5 Å². The van der Waals surface area contributed by atoms with E-state index in [2.05, 4.69) is 20.6 Å². The first-order valence-corrected chi connectivity index (χ1v) is 4.87. The number of anilines is 1. The molecule has 14 heavy (non-hydrogen) atoms. The van der Waals surface area contributed by atoms with Gasteiger partial charge in [0.1, 0.15) is 5.82 Å². The van der Waals surface area contributed by atoms with E-state index in [4.69, 9.17) is 0 Å². The summed E-state index contributed by atoms with van der Waals surface area (Å²) in [5, 5.41) is 6.69. The van der Waals surface area contributed by atoms with Crippen LogP contribution in [0, 0.1) is 5.92 Å². The van der Waals surface area contributed by atoms with Crippen molar-refractivity contribution < 1.29 is 0 Å². The minimum absolute atomic E-state index is 0.109. The normalized spacial score (nSPS) is 33.9. The molecule has 1 aromatic rings. The van der Waals surface area contributed by atoms with Crippen LogP contribution in [0.15, 0.2) is 17.2 Å². The van der Waals surface area contributed by atoms with E-state index < -0.39 is 0 Å². The summed E-state index contributed by atoms with van der Waals surface area (Å²) in [5.41, 5.74) is -0.109. The minimum Gasteiger partial charge on any atom is -0.365 e. The largest absolute Gasteiger partial charge is 0.365 e. The van der Waals surface area contributed by atoms with Gasteiger partial charge in [-0.05, 0) is 12.3 Å². The Labute approximate surface area is 80.9 Å². The van der Waals surface area contributed by atoms with Crippen LogP contribution in [0.3, 0.4) is 0 Å². The Hall–Kier alpha value is -1.36. The summed E-state index contributed by atoms with van der Waals surface area (Å²) in [7, 11) is 0. The Kier molecular flexibility index (Phi) is 1.61. The molecular weight excluding hydrogens is 180 g/mol. The van der Waals surface area contributed by atoms with Crippen molar-refractivity contribution in [1.29, 1.82) is 0 Å². The van der Waals surface area contributed by atoms with E-state index in [0.29, 0.717) is 23.8 Å². The van der Waals surface area contributed by atoms with Gasteiger partial charge in [0.05, 0.1) is 6.33 Å². The standard InChI is InChI=1S/C9H12N4O/c14-8-2-7(11-4-12-8)13-9-5-1-6(9)10-3-5/h2,4-6,9-10H,1,3H2,(H2,11,12,13,14). The summed E-state index contributed by atoms with van der Waals surface area (Å²) in [6.07, 6.45) is 2.68. The van der Waals surface area contributed by atoms with Crippen LogP contribution in [0.5, 0.6) is 0 Å². The van der Waals surface area contributed by atoms with Crippen molar-refractivity contribution in [3.05, 3.63) is 22.7 Å². The zero-order chi connectivity index (χ0) is 9.54. The van der Waals surface area contributed by atoms with Crippen LogP contribution in [0.2, 0.25) is 0 Å². The van der Waals surface area contributed by atoms with Crippen molar-refractivity contribution >= 4 is 5.82 Å². The van der Waals surface area contributed by atoms with Gasteiger partial charge in [-0.1, -0.05) is 0 Å². The number of aromatic amines is 1. The third-order valence-corrected chi connectivity index (χ3v) is 3.13. The maximum Gasteiger partial charge on any atom is 0.252 e. The lowest BCUT2D eigenvalue weighted by Crippen LogP contribution is -2.47. The number of rotatable bonds is 2. The van der Waals surface area contributed by atoms with E-state index >= 15 is 0 Å². The molecule has 4 rings (SSSR count). The SMILES string of the molecule is O=c1cc(NC2C3CNC2C3)nc[nH]1. The third kappa shape index (κ3) is 1.13. The summed E-state index contributed by atoms with van der Waals surface area (Å²) < 4.78 is 0. The lowest BCUT2D eigenvalue weighted by Gasteiger charge is -2.35. The van der Waals surface area contributed by atoms with Crippen LogP contribution in [-0.4, -0.2) is 28.6 Å². The molecule has 0 radical (unpaired) electrons. The van der Waals surface area contributed by atoms with Gasteiger partial charge >= 0.3 is 0 Å². The van der Waals surface area contributed by atoms with Gasteiger partial charge in [-0.15, -0.1) is 0 Å². The Morgan fingerprint density at radius 3 is 3.14 bits per heavy atom. The third-order valence-electron chi connectivity index (χ3n) is 3.13. The zero-order valence-corrected chi connectivity index (χ0v) is 7.66. The van der Waals surface area contributed by atoms with Gasteiger partial charge in [0.15, 0.2) is 0 Å². The molecule has 5 heteroatoms. The molecule has 0 aromatic carbocycles. The molecule has 2 saturated heterocycles. The molecule has 2 aliphatic heterocycles. The van der Waals surface area contributed by atoms with Gasteiger partial charge in [-0.25, -0.2) is 4.98 Å². The molecule has 3 atom stereocenters. The summed E-state index contributed by atoms with van der Waals surface area (Å²) in [5.74, 6) is 1.39. The highest BCUT2D eigenvalue weighted by Gasteiger charge is 2.46. The van der Waals surface area contributed by atoms with Crippen LogP contribution in [0.25, 0.3) is 0 Å².